The van der Waals surface area contributed by atoms with Crippen molar-refractivity contribution in [1.82, 2.24) is 5.32 Å². The second-order valence-corrected chi connectivity index (χ2v) is 3.53. The Morgan fingerprint density at radius 3 is 2.67 bits per heavy atom. The van der Waals surface area contributed by atoms with Gasteiger partial charge in [-0.3, -0.25) is 0 Å². The molecule has 0 heterocycles. The van der Waals surface area contributed by atoms with E-state index in [2.05, 4.69) is 24.4 Å². The number of hydrogen-bond acceptors (Lipinski definition) is 2. The molecule has 70 valence electrons. The highest BCUT2D eigenvalue weighted by atomic mass is 15.0. The van der Waals surface area contributed by atoms with Crippen LogP contribution in [0.25, 0.3) is 0 Å². The van der Waals surface area contributed by atoms with Crippen LogP contribution >= 0.6 is 0 Å². The summed E-state index contributed by atoms with van der Waals surface area (Å²) in [6.07, 6.45) is 9.27. The summed E-state index contributed by atoms with van der Waals surface area (Å²) in [4.78, 5) is 0. The van der Waals surface area contributed by atoms with Gasteiger partial charge in [0.25, 0.3) is 0 Å². The second kappa shape index (κ2) is 5.33. The zero-order valence-corrected chi connectivity index (χ0v) is 7.92. The van der Waals surface area contributed by atoms with Gasteiger partial charge < -0.3 is 11.1 Å². The lowest BCUT2D eigenvalue weighted by atomic mass is 10.1. The Morgan fingerprint density at radius 2 is 2.17 bits per heavy atom. The van der Waals surface area contributed by atoms with Crippen LogP contribution in [-0.2, 0) is 0 Å². The first kappa shape index (κ1) is 9.75. The van der Waals surface area contributed by atoms with Crippen LogP contribution in [0, 0.1) is 0 Å². The van der Waals surface area contributed by atoms with E-state index in [1.165, 1.54) is 25.7 Å². The van der Waals surface area contributed by atoms with Crippen molar-refractivity contribution in [3.8, 4) is 0 Å². The molecule has 3 N–H and O–H groups in total. The van der Waals surface area contributed by atoms with Gasteiger partial charge in [0.15, 0.2) is 0 Å². The van der Waals surface area contributed by atoms with Gasteiger partial charge in [0.2, 0.25) is 0 Å². The minimum Gasteiger partial charge on any atom is -0.329 e. The van der Waals surface area contributed by atoms with Crippen LogP contribution in [0.1, 0.15) is 32.6 Å². The smallest absolute Gasteiger partial charge is 0.0192 e. The Labute approximate surface area is 75.2 Å². The van der Waals surface area contributed by atoms with Crippen LogP contribution in [0.4, 0.5) is 0 Å². The quantitative estimate of drug-likeness (QED) is 0.609. The Balaban J connectivity index is 2.17. The first-order valence-electron chi connectivity index (χ1n) is 4.98. The fourth-order valence-electron chi connectivity index (χ4n) is 1.70. The maximum atomic E-state index is 5.65. The van der Waals surface area contributed by atoms with Gasteiger partial charge in [-0.25, -0.2) is 0 Å². The van der Waals surface area contributed by atoms with E-state index in [1.54, 1.807) is 0 Å². The molecule has 2 heteroatoms. The van der Waals surface area contributed by atoms with Gasteiger partial charge in [-0.2, -0.15) is 0 Å². The van der Waals surface area contributed by atoms with Crippen molar-refractivity contribution < 1.29 is 0 Å². The molecule has 1 aliphatic carbocycles. The number of rotatable bonds is 5. The summed E-state index contributed by atoms with van der Waals surface area (Å²) in [5.41, 5.74) is 5.65. The van der Waals surface area contributed by atoms with Crippen molar-refractivity contribution >= 4 is 0 Å². The monoisotopic (exact) mass is 168 g/mol. The molecular weight excluding hydrogens is 148 g/mol. The first-order valence-corrected chi connectivity index (χ1v) is 4.98. The highest BCUT2D eigenvalue weighted by Gasteiger charge is 2.13. The van der Waals surface area contributed by atoms with Crippen molar-refractivity contribution in [1.29, 1.82) is 0 Å². The van der Waals surface area contributed by atoms with Crippen molar-refractivity contribution in [2.75, 3.05) is 6.54 Å². The Hall–Kier alpha value is -0.340. The normalized spacial score (nSPS) is 20.2. The van der Waals surface area contributed by atoms with Crippen molar-refractivity contribution in [3.63, 3.8) is 0 Å². The molecule has 1 rings (SSSR count). The molecule has 12 heavy (non-hydrogen) atoms. The van der Waals surface area contributed by atoms with Crippen LogP contribution in [0.3, 0.4) is 0 Å². The SMILES string of the molecule is CCCC(CN)NC1CC=CC1. The van der Waals surface area contributed by atoms with Gasteiger partial charge in [-0.15, -0.1) is 0 Å². The van der Waals surface area contributed by atoms with Crippen LogP contribution in [0.15, 0.2) is 12.2 Å². The number of hydrogen-bond donors (Lipinski definition) is 2. The van der Waals surface area contributed by atoms with E-state index in [-0.39, 0.29) is 0 Å². The summed E-state index contributed by atoms with van der Waals surface area (Å²) in [5.74, 6) is 0. The molecule has 2 nitrogen and oxygen atoms in total. The van der Waals surface area contributed by atoms with Crippen molar-refractivity contribution in [3.05, 3.63) is 12.2 Å². The standard InChI is InChI=1S/C10H20N2/c1-2-5-10(8-11)12-9-6-3-4-7-9/h3-4,9-10,12H,2,5-8,11H2,1H3. The molecule has 1 atom stereocenters. The second-order valence-electron chi connectivity index (χ2n) is 3.53. The average Bonchev–Trinajstić information content (AvgIpc) is 2.56. The highest BCUT2D eigenvalue weighted by molar-refractivity contribution is 4.98. The predicted molar refractivity (Wildman–Crippen MR) is 53.0 cm³/mol. The van der Waals surface area contributed by atoms with E-state index in [1.807, 2.05) is 0 Å². The zero-order chi connectivity index (χ0) is 8.81. The molecule has 0 spiro atoms. The lowest BCUT2D eigenvalue weighted by Gasteiger charge is -2.20. The number of nitrogens with one attached hydrogen (secondary N) is 1. The number of nitrogens with two attached hydrogens (primary N) is 1. The molecule has 0 radical (unpaired) electrons. The molecule has 1 aliphatic rings. The van der Waals surface area contributed by atoms with Crippen LogP contribution in [-0.4, -0.2) is 18.6 Å². The minimum absolute atomic E-state index is 0.528. The molecule has 0 bridgehead atoms. The summed E-state index contributed by atoms with van der Waals surface area (Å²) < 4.78 is 0. The molecule has 1 unspecified atom stereocenters. The van der Waals surface area contributed by atoms with Crippen LogP contribution in [0.2, 0.25) is 0 Å². The van der Waals surface area contributed by atoms with Crippen molar-refractivity contribution in [2.24, 2.45) is 5.73 Å². The molecule has 0 aromatic heterocycles. The van der Waals surface area contributed by atoms with Gasteiger partial charge in [-0.1, -0.05) is 25.5 Å². The first-order chi connectivity index (χ1) is 5.86. The maximum Gasteiger partial charge on any atom is 0.0192 e. The lowest BCUT2D eigenvalue weighted by molar-refractivity contribution is 0.419. The Morgan fingerprint density at radius 1 is 1.50 bits per heavy atom. The summed E-state index contributed by atoms with van der Waals surface area (Å²) in [6, 6.07) is 1.19. The summed E-state index contributed by atoms with van der Waals surface area (Å²) in [6.45, 7) is 2.97. The van der Waals surface area contributed by atoms with Gasteiger partial charge in [0.1, 0.15) is 0 Å². The summed E-state index contributed by atoms with van der Waals surface area (Å²) in [7, 11) is 0. The molecule has 0 saturated carbocycles. The molecule has 0 aliphatic heterocycles. The Kier molecular flexibility index (Phi) is 4.33. The summed E-state index contributed by atoms with van der Waals surface area (Å²) in [5, 5.41) is 3.58. The molecule has 0 aromatic carbocycles. The fraction of sp³-hybridized carbons (Fsp3) is 0.800. The maximum absolute atomic E-state index is 5.65. The topological polar surface area (TPSA) is 38.0 Å². The van der Waals surface area contributed by atoms with E-state index >= 15 is 0 Å². The van der Waals surface area contributed by atoms with E-state index in [0.717, 1.165) is 6.54 Å². The van der Waals surface area contributed by atoms with Gasteiger partial charge in [0, 0.05) is 18.6 Å². The molecular formula is C10H20N2. The molecule has 0 fully saturated rings. The van der Waals surface area contributed by atoms with Gasteiger partial charge in [0.05, 0.1) is 0 Å². The third-order valence-corrected chi connectivity index (χ3v) is 2.40. The van der Waals surface area contributed by atoms with Crippen LogP contribution < -0.4 is 11.1 Å². The Bertz CT molecular complexity index is 135. The highest BCUT2D eigenvalue weighted by Crippen LogP contribution is 2.10. The third kappa shape index (κ3) is 2.95. The van der Waals surface area contributed by atoms with E-state index in [4.69, 9.17) is 5.73 Å². The zero-order valence-electron chi connectivity index (χ0n) is 7.92. The molecule has 0 aromatic rings. The van der Waals surface area contributed by atoms with Crippen LogP contribution in [0.5, 0.6) is 0 Å². The fourth-order valence-corrected chi connectivity index (χ4v) is 1.70. The van der Waals surface area contributed by atoms with Crippen molar-refractivity contribution in [2.45, 2.75) is 44.7 Å². The van der Waals surface area contributed by atoms with E-state index in [0.29, 0.717) is 12.1 Å². The average molecular weight is 168 g/mol. The third-order valence-electron chi connectivity index (χ3n) is 2.40. The lowest BCUT2D eigenvalue weighted by Crippen LogP contribution is -2.41. The largest absolute Gasteiger partial charge is 0.329 e. The summed E-state index contributed by atoms with van der Waals surface area (Å²) >= 11 is 0. The molecule has 0 saturated heterocycles. The van der Waals surface area contributed by atoms with E-state index < -0.39 is 0 Å². The predicted octanol–water partition coefficient (Wildman–Crippen LogP) is 1.42. The van der Waals surface area contributed by atoms with Gasteiger partial charge >= 0.3 is 0 Å². The molecule has 0 amide bonds. The van der Waals surface area contributed by atoms with E-state index in [9.17, 15) is 0 Å². The van der Waals surface area contributed by atoms with Gasteiger partial charge in [-0.05, 0) is 19.3 Å². The minimum atomic E-state index is 0.528.